The van der Waals surface area contributed by atoms with Crippen molar-refractivity contribution in [1.82, 2.24) is 24.8 Å². The van der Waals surface area contributed by atoms with Gasteiger partial charge in [-0.25, -0.2) is 14.5 Å². The molecule has 5 heterocycles. The summed E-state index contributed by atoms with van der Waals surface area (Å²) in [5.41, 5.74) is 13.3. The summed E-state index contributed by atoms with van der Waals surface area (Å²) in [5.74, 6) is -1.45. The van der Waals surface area contributed by atoms with E-state index in [1.807, 2.05) is 21.0 Å². The second-order valence-corrected chi connectivity index (χ2v) is 24.5. The number of likely N-dealkylation sites (N-methyl/N-ethyl adjacent to an activating group) is 1. The Balaban J connectivity index is 1.22. The summed E-state index contributed by atoms with van der Waals surface area (Å²) in [6.45, 7) is 17.2. The molecule has 444 valence electrons. The number of hydrogen-bond donors (Lipinski definition) is 3. The number of carbonyl (C=O) groups is 3. The zero-order chi connectivity index (χ0) is 57.8. The number of ether oxygens (including phenoxy) is 3. The summed E-state index contributed by atoms with van der Waals surface area (Å²) in [4.78, 5) is 71.5. The van der Waals surface area contributed by atoms with Gasteiger partial charge < -0.3 is 34.0 Å². The Hall–Kier alpha value is -4.50. The van der Waals surface area contributed by atoms with Gasteiger partial charge in [-0.1, -0.05) is 137 Å². The van der Waals surface area contributed by atoms with Gasteiger partial charge in [0.2, 0.25) is 0 Å². The van der Waals surface area contributed by atoms with E-state index in [9.17, 15) is 23.8 Å². The summed E-state index contributed by atoms with van der Waals surface area (Å²) in [7, 11) is -0.916. The number of hydrogen-bond acceptors (Lipinski definition) is 12. The van der Waals surface area contributed by atoms with Crippen molar-refractivity contribution in [2.45, 2.75) is 234 Å². The summed E-state index contributed by atoms with van der Waals surface area (Å²) in [6.07, 6.45) is 22.6. The number of phosphoric ester groups is 1. The number of nitrogens with one attached hydrogen (secondary N) is 2. The molecule has 6 rings (SSSR count). The average molecular weight is 1130 g/mol. The molecule has 0 saturated carbocycles. The van der Waals surface area contributed by atoms with Crippen molar-refractivity contribution in [2.75, 3.05) is 47.1 Å². The second kappa shape index (κ2) is 32.4. The third kappa shape index (κ3) is 18.5. The minimum Gasteiger partial charge on any atom is -0.462 e. The van der Waals surface area contributed by atoms with Crippen LogP contribution in [0.5, 0.6) is 0 Å². The molecule has 5 atom stereocenters. The molecule has 3 N–H and O–H groups in total. The van der Waals surface area contributed by atoms with Gasteiger partial charge in [-0.2, -0.15) is 0 Å². The maximum atomic E-state index is 14.1. The molecule has 0 fully saturated rings. The highest BCUT2D eigenvalue weighted by Crippen LogP contribution is 2.47. The molecule has 16 heteroatoms. The van der Waals surface area contributed by atoms with Gasteiger partial charge in [0.1, 0.15) is 6.61 Å². The third-order valence-corrected chi connectivity index (χ3v) is 17.5. The lowest BCUT2D eigenvalue weighted by Gasteiger charge is -2.21. The predicted octanol–water partition coefficient (Wildman–Crippen LogP) is 15.0. The van der Waals surface area contributed by atoms with Crippen molar-refractivity contribution in [3.63, 3.8) is 0 Å². The number of ketones is 1. The van der Waals surface area contributed by atoms with Gasteiger partial charge in [-0.05, 0) is 108 Å². The minimum atomic E-state index is -4.54. The number of rotatable bonds is 37. The Kier molecular flexibility index (Phi) is 26.2. The number of carbonyl (C=O) groups excluding carboxylic acids is 3. The number of nitrogens with zero attached hydrogens (tertiary/aromatic N) is 3. The lowest BCUT2D eigenvalue weighted by atomic mass is 9.85. The van der Waals surface area contributed by atoms with E-state index in [4.69, 9.17) is 33.2 Å². The van der Waals surface area contributed by atoms with Crippen LogP contribution >= 0.6 is 7.82 Å². The van der Waals surface area contributed by atoms with Crippen LogP contribution in [0.4, 0.5) is 0 Å². The number of allylic oxidation sites excluding steroid dienone is 3. The smallest absolute Gasteiger partial charge is 0.462 e. The molecule has 0 spiro atoms. The maximum Gasteiger partial charge on any atom is 0.472 e. The van der Waals surface area contributed by atoms with Crippen molar-refractivity contribution in [3.05, 3.63) is 69.1 Å². The van der Waals surface area contributed by atoms with E-state index in [1.165, 1.54) is 89.0 Å². The Bertz CT molecular complexity index is 2720. The van der Waals surface area contributed by atoms with E-state index in [1.54, 1.807) is 4.90 Å². The number of H-pyrrole nitrogens is 2. The van der Waals surface area contributed by atoms with Crippen LogP contribution in [-0.2, 0) is 55.0 Å². The van der Waals surface area contributed by atoms with E-state index in [0.29, 0.717) is 37.3 Å². The van der Waals surface area contributed by atoms with E-state index in [2.05, 4.69) is 76.6 Å². The van der Waals surface area contributed by atoms with E-state index in [-0.39, 0.29) is 56.2 Å². The monoisotopic (exact) mass is 1130 g/mol. The predicted molar refractivity (Wildman–Crippen MR) is 321 cm³/mol. The van der Waals surface area contributed by atoms with Crippen LogP contribution in [0.15, 0.2) is 18.2 Å². The lowest BCUT2D eigenvalue weighted by molar-refractivity contribution is -0.161. The molecule has 8 bridgehead atoms. The zero-order valence-electron chi connectivity index (χ0n) is 50.5. The van der Waals surface area contributed by atoms with Crippen LogP contribution in [0.25, 0.3) is 33.3 Å². The van der Waals surface area contributed by atoms with Crippen molar-refractivity contribution >= 4 is 58.9 Å². The number of aromatic nitrogens is 4. The standard InChI is InChI=1S/C64H98N5O10P/c1-11-14-16-18-20-21-22-23-24-25-26-27-29-31-59(71)76-41-48(42-78-80(73,74)77-36-34-69(9)10)79-60(72)33-32-50-44(5)53-38-54-45(6)61(47(8)75-35-30-28-19-17-15-12-2)57(66-54)40-52-43(4)49(13-3)56(65-52)39-55-46(7)62-58(70)37-51(63(50)67-53)64(62)68-55/h38-40,44,47-48,50,65,67H,11-37,41-42H2,1-10H3,(H,73,74). The molecule has 0 amide bonds. The number of esters is 2. The first kappa shape index (κ1) is 64.7. The molecule has 5 unspecified atom stereocenters. The van der Waals surface area contributed by atoms with Gasteiger partial charge in [-0.3, -0.25) is 23.4 Å². The van der Waals surface area contributed by atoms with Crippen molar-refractivity contribution in [1.29, 1.82) is 0 Å². The number of fused-ring (bicyclic) bond motifs is 8. The first-order valence-corrected chi connectivity index (χ1v) is 32.2. The largest absolute Gasteiger partial charge is 0.472 e. The first-order chi connectivity index (χ1) is 38.5. The van der Waals surface area contributed by atoms with Crippen molar-refractivity contribution < 1.29 is 47.1 Å². The van der Waals surface area contributed by atoms with Gasteiger partial charge >= 0.3 is 19.8 Å². The molecule has 0 aromatic carbocycles. The number of phosphoric acid groups is 1. The fourth-order valence-corrected chi connectivity index (χ4v) is 12.4. The van der Waals surface area contributed by atoms with E-state index >= 15 is 0 Å². The van der Waals surface area contributed by atoms with E-state index in [0.717, 1.165) is 106 Å². The fraction of sp³-hybridized carbons (Fsp3) is 0.672. The Labute approximate surface area is 478 Å². The van der Waals surface area contributed by atoms with Crippen molar-refractivity contribution in [3.8, 4) is 0 Å². The summed E-state index contributed by atoms with van der Waals surface area (Å²) in [5, 5.41) is 0. The number of aromatic amines is 2. The molecule has 80 heavy (non-hydrogen) atoms. The third-order valence-electron chi connectivity index (χ3n) is 16.5. The second-order valence-electron chi connectivity index (χ2n) is 23.1. The maximum absolute atomic E-state index is 14.1. The lowest BCUT2D eigenvalue weighted by Crippen LogP contribution is -2.30. The molecular weight excluding hydrogens is 1030 g/mol. The van der Waals surface area contributed by atoms with Crippen LogP contribution in [-0.4, -0.2) is 107 Å². The van der Waals surface area contributed by atoms with Crippen molar-refractivity contribution in [2.24, 2.45) is 0 Å². The molecule has 2 aromatic rings. The number of Topliss-reactive ketones (excluding diaryl/α,β-unsaturated/α-hetero) is 1. The van der Waals surface area contributed by atoms with Crippen LogP contribution in [0, 0.1) is 6.92 Å². The van der Waals surface area contributed by atoms with Crippen LogP contribution in [0.3, 0.4) is 0 Å². The average Bonchev–Trinajstić information content (AvgIpc) is 4.40. The highest BCUT2D eigenvalue weighted by molar-refractivity contribution is 7.47. The number of unbranched alkanes of at least 4 members (excludes halogenated alkanes) is 17. The summed E-state index contributed by atoms with van der Waals surface area (Å²) in [6, 6.07) is 6.31. The van der Waals surface area contributed by atoms with E-state index < -0.39 is 32.5 Å². The SMILES string of the molecule is CCCCCCCCCCCCCCCC(=O)OCC(COP(=O)(O)OCCN(C)C)OC(=O)CCC1c2[nH]c(cc3nc(cc4[nH]c(cc5nc6c2CC(=O)C6=C5C)c(CC)c4C)C(C(C)OCCCCCCCC)=C3C)C1C. The topological polar surface area (TPSA) is 195 Å². The van der Waals surface area contributed by atoms with Gasteiger partial charge in [0.15, 0.2) is 11.9 Å². The molecule has 1 aliphatic carbocycles. The van der Waals surface area contributed by atoms with Gasteiger partial charge in [0, 0.05) is 83.4 Å². The molecule has 15 nitrogen and oxygen atoms in total. The van der Waals surface area contributed by atoms with Gasteiger partial charge in [0.05, 0.1) is 42.1 Å². The first-order valence-electron chi connectivity index (χ1n) is 30.7. The van der Waals surface area contributed by atoms with Crippen LogP contribution in [0.1, 0.15) is 252 Å². The summed E-state index contributed by atoms with van der Waals surface area (Å²) < 4.78 is 41.6. The minimum absolute atomic E-state index is 0.00169. The quantitative estimate of drug-likeness (QED) is 0.0329. The Morgan fingerprint density at radius 1 is 0.738 bits per heavy atom. The highest BCUT2D eigenvalue weighted by Gasteiger charge is 2.39. The molecule has 4 aliphatic rings. The van der Waals surface area contributed by atoms with Gasteiger partial charge in [-0.15, -0.1) is 0 Å². The van der Waals surface area contributed by atoms with Crippen LogP contribution < -0.4 is 0 Å². The Morgan fingerprint density at radius 3 is 1.99 bits per heavy atom. The Morgan fingerprint density at radius 2 is 1.35 bits per heavy atom. The molecular formula is C64H98N5O10P. The fourth-order valence-electron chi connectivity index (χ4n) is 11.7. The van der Waals surface area contributed by atoms with Crippen LogP contribution in [0.2, 0.25) is 0 Å². The van der Waals surface area contributed by atoms with Gasteiger partial charge in [0.25, 0.3) is 0 Å². The normalized spacial score (nSPS) is 17.1. The molecule has 2 aromatic heterocycles. The number of aryl methyl sites for hydroxylation is 2. The highest BCUT2D eigenvalue weighted by atomic mass is 31.2. The summed E-state index contributed by atoms with van der Waals surface area (Å²) >= 11 is 0. The zero-order valence-corrected chi connectivity index (χ0v) is 51.4. The molecule has 3 aliphatic heterocycles. The molecule has 0 saturated heterocycles. The molecule has 0 radical (unpaired) electrons.